The summed E-state index contributed by atoms with van der Waals surface area (Å²) in [4.78, 5) is 13.1. The van der Waals surface area contributed by atoms with Gasteiger partial charge in [0.05, 0.1) is 10.9 Å². The smallest absolute Gasteiger partial charge is 0.243 e. The van der Waals surface area contributed by atoms with Gasteiger partial charge in [-0.05, 0) is 81.8 Å². The van der Waals surface area contributed by atoms with Crippen LogP contribution >= 0.6 is 0 Å². The van der Waals surface area contributed by atoms with Crippen molar-refractivity contribution in [1.82, 2.24) is 9.62 Å². The van der Waals surface area contributed by atoms with E-state index >= 15 is 0 Å². The molecule has 1 aliphatic heterocycles. The molecule has 1 amide bonds. The molecule has 0 aromatic heterocycles. The van der Waals surface area contributed by atoms with Crippen molar-refractivity contribution in [2.75, 3.05) is 13.1 Å². The minimum Gasteiger partial charge on any atom is -0.349 e. The van der Waals surface area contributed by atoms with Crippen molar-refractivity contribution in [2.24, 2.45) is 5.92 Å². The molecule has 6 heteroatoms. The lowest BCUT2D eigenvalue weighted by atomic mass is 9.94. The van der Waals surface area contributed by atoms with E-state index < -0.39 is 10.0 Å². The first-order valence-corrected chi connectivity index (χ1v) is 12.0. The van der Waals surface area contributed by atoms with Crippen molar-refractivity contribution in [2.45, 2.75) is 58.4 Å². The molecule has 0 spiro atoms. The number of rotatable bonds is 5. The molecule has 1 saturated heterocycles. The fourth-order valence-corrected chi connectivity index (χ4v) is 5.55. The molecule has 5 nitrogen and oxygen atoms in total. The summed E-state index contributed by atoms with van der Waals surface area (Å²) in [5.41, 5.74) is 5.79. The molecule has 1 aliphatic rings. The molecule has 30 heavy (non-hydrogen) atoms. The zero-order chi connectivity index (χ0) is 22.1. The molecule has 1 N–H and O–H groups in total. The van der Waals surface area contributed by atoms with Gasteiger partial charge >= 0.3 is 0 Å². The van der Waals surface area contributed by atoms with Gasteiger partial charge in [-0.2, -0.15) is 4.31 Å². The molecular formula is C24H32N2O3S. The second-order valence-electron chi connectivity index (χ2n) is 8.51. The molecule has 0 aliphatic carbocycles. The summed E-state index contributed by atoms with van der Waals surface area (Å²) in [5.74, 6) is -0.156. The van der Waals surface area contributed by atoms with E-state index in [2.05, 4.69) is 38.2 Å². The number of hydrogen-bond donors (Lipinski definition) is 1. The molecule has 1 fully saturated rings. The van der Waals surface area contributed by atoms with E-state index in [4.69, 9.17) is 0 Å². The van der Waals surface area contributed by atoms with Gasteiger partial charge < -0.3 is 5.32 Å². The maximum atomic E-state index is 12.9. The van der Waals surface area contributed by atoms with Gasteiger partial charge in [-0.15, -0.1) is 0 Å². The van der Waals surface area contributed by atoms with Crippen LogP contribution in [0.25, 0.3) is 0 Å². The monoisotopic (exact) mass is 428 g/mol. The highest BCUT2D eigenvalue weighted by atomic mass is 32.2. The fraction of sp³-hybridized carbons (Fsp3) is 0.458. The molecule has 2 aromatic rings. The number of hydrogen-bond acceptors (Lipinski definition) is 3. The molecule has 1 heterocycles. The number of nitrogens with zero attached hydrogens (tertiary/aromatic N) is 1. The fourth-order valence-electron chi connectivity index (χ4n) is 4.08. The summed E-state index contributed by atoms with van der Waals surface area (Å²) in [5, 5.41) is 3.14. The van der Waals surface area contributed by atoms with Crippen LogP contribution in [-0.4, -0.2) is 31.7 Å². The Kier molecular flexibility index (Phi) is 6.68. The van der Waals surface area contributed by atoms with Gasteiger partial charge in [0.15, 0.2) is 0 Å². The van der Waals surface area contributed by atoms with Crippen LogP contribution in [0.4, 0.5) is 0 Å². The summed E-state index contributed by atoms with van der Waals surface area (Å²) in [6, 6.07) is 11.1. The van der Waals surface area contributed by atoms with Gasteiger partial charge in [0.1, 0.15) is 0 Å². The van der Waals surface area contributed by atoms with Gasteiger partial charge in [0.2, 0.25) is 15.9 Å². The Morgan fingerprint density at radius 2 is 1.53 bits per heavy atom. The number of carbonyl (C=O) groups is 1. The Morgan fingerprint density at radius 3 is 2.13 bits per heavy atom. The van der Waals surface area contributed by atoms with Crippen molar-refractivity contribution in [3.63, 3.8) is 0 Å². The Morgan fingerprint density at radius 1 is 0.967 bits per heavy atom. The Balaban J connectivity index is 1.61. The highest BCUT2D eigenvalue weighted by molar-refractivity contribution is 7.89. The number of carbonyl (C=O) groups excluding carboxylic acids is 1. The van der Waals surface area contributed by atoms with E-state index in [0.717, 1.165) is 11.1 Å². The molecule has 0 unspecified atom stereocenters. The van der Waals surface area contributed by atoms with Crippen molar-refractivity contribution in [3.05, 3.63) is 64.2 Å². The maximum absolute atomic E-state index is 12.9. The lowest BCUT2D eigenvalue weighted by Gasteiger charge is -2.31. The molecule has 162 valence electrons. The summed E-state index contributed by atoms with van der Waals surface area (Å²) in [6.45, 7) is 10.9. The third-order valence-corrected chi connectivity index (χ3v) is 8.10. The van der Waals surface area contributed by atoms with E-state index in [1.165, 1.54) is 21.0 Å². The van der Waals surface area contributed by atoms with Crippen LogP contribution in [0, 0.1) is 33.6 Å². The summed E-state index contributed by atoms with van der Waals surface area (Å²) in [6.07, 6.45) is 1.07. The van der Waals surface area contributed by atoms with Crippen LogP contribution in [0.2, 0.25) is 0 Å². The third kappa shape index (κ3) is 4.76. The predicted octanol–water partition coefficient (Wildman–Crippen LogP) is 4.20. The minimum atomic E-state index is -3.51. The van der Waals surface area contributed by atoms with Gasteiger partial charge in [0, 0.05) is 19.0 Å². The first-order valence-electron chi connectivity index (χ1n) is 10.5. The van der Waals surface area contributed by atoms with E-state index in [1.54, 1.807) is 12.1 Å². The average Bonchev–Trinajstić information content (AvgIpc) is 2.71. The lowest BCUT2D eigenvalue weighted by molar-refractivity contribution is -0.126. The largest absolute Gasteiger partial charge is 0.349 e. The lowest BCUT2D eigenvalue weighted by Crippen LogP contribution is -2.43. The predicted molar refractivity (Wildman–Crippen MR) is 120 cm³/mol. The first-order chi connectivity index (χ1) is 14.1. The number of sulfonamides is 1. The van der Waals surface area contributed by atoms with Crippen LogP contribution in [0.1, 0.15) is 53.6 Å². The SMILES string of the molecule is Cc1ccc(S(=O)(=O)N2CCC(C(=O)N[C@H](C)c3cc(C)c(C)cc3C)CC2)cc1. The van der Waals surface area contributed by atoms with Gasteiger partial charge in [-0.3, -0.25) is 4.79 Å². The van der Waals surface area contributed by atoms with Crippen molar-refractivity contribution >= 4 is 15.9 Å². The standard InChI is InChI=1S/C24H32N2O3S/c1-16-6-8-22(9-7-16)30(28,29)26-12-10-21(11-13-26)24(27)25-20(5)23-15-18(3)17(2)14-19(23)4/h6-9,14-15,20-21H,10-13H2,1-5H3,(H,25,27)/t20-/m1/s1. The number of amides is 1. The van der Waals surface area contributed by atoms with Gasteiger partial charge in [0.25, 0.3) is 0 Å². The second-order valence-corrected chi connectivity index (χ2v) is 10.5. The first kappa shape index (κ1) is 22.5. The summed E-state index contributed by atoms with van der Waals surface area (Å²) >= 11 is 0. The van der Waals surface area contributed by atoms with Crippen LogP contribution in [0.5, 0.6) is 0 Å². The molecule has 2 aromatic carbocycles. The summed E-state index contributed by atoms with van der Waals surface area (Å²) in [7, 11) is -3.51. The minimum absolute atomic E-state index is 0.00696. The molecule has 0 radical (unpaired) electrons. The molecule has 1 atom stereocenters. The van der Waals surface area contributed by atoms with Crippen LogP contribution in [0.3, 0.4) is 0 Å². The third-order valence-electron chi connectivity index (χ3n) is 6.19. The van der Waals surface area contributed by atoms with Crippen molar-refractivity contribution in [1.29, 1.82) is 0 Å². The number of piperidine rings is 1. The summed E-state index contributed by atoms with van der Waals surface area (Å²) < 4.78 is 27.2. The van der Waals surface area contributed by atoms with E-state index in [0.29, 0.717) is 30.8 Å². The normalized spacial score (nSPS) is 17.0. The van der Waals surface area contributed by atoms with Crippen LogP contribution in [0.15, 0.2) is 41.3 Å². The quantitative estimate of drug-likeness (QED) is 0.776. The Labute approximate surface area is 180 Å². The molecule has 0 saturated carbocycles. The zero-order valence-electron chi connectivity index (χ0n) is 18.5. The number of aryl methyl sites for hydroxylation is 4. The average molecular weight is 429 g/mol. The van der Waals surface area contributed by atoms with E-state index in [1.807, 2.05) is 26.0 Å². The molecular weight excluding hydrogens is 396 g/mol. The van der Waals surface area contributed by atoms with Gasteiger partial charge in [-0.25, -0.2) is 8.42 Å². The van der Waals surface area contributed by atoms with Crippen molar-refractivity contribution < 1.29 is 13.2 Å². The molecule has 3 rings (SSSR count). The van der Waals surface area contributed by atoms with E-state index in [-0.39, 0.29) is 17.9 Å². The second kappa shape index (κ2) is 8.90. The number of benzene rings is 2. The zero-order valence-corrected chi connectivity index (χ0v) is 19.3. The van der Waals surface area contributed by atoms with E-state index in [9.17, 15) is 13.2 Å². The van der Waals surface area contributed by atoms with Crippen LogP contribution < -0.4 is 5.32 Å². The number of nitrogens with one attached hydrogen (secondary N) is 1. The van der Waals surface area contributed by atoms with Crippen molar-refractivity contribution in [3.8, 4) is 0 Å². The maximum Gasteiger partial charge on any atom is 0.243 e. The Hall–Kier alpha value is -2.18. The van der Waals surface area contributed by atoms with Crippen LogP contribution in [-0.2, 0) is 14.8 Å². The van der Waals surface area contributed by atoms with Gasteiger partial charge in [-0.1, -0.05) is 29.8 Å². The highest BCUT2D eigenvalue weighted by Crippen LogP contribution is 2.26. The molecule has 0 bridgehead atoms. The highest BCUT2D eigenvalue weighted by Gasteiger charge is 2.32. The topological polar surface area (TPSA) is 66.5 Å². The Bertz CT molecular complexity index is 1020.